The highest BCUT2D eigenvalue weighted by Crippen LogP contribution is 2.28. The van der Waals surface area contributed by atoms with E-state index in [1.165, 1.54) is 24.0 Å². The van der Waals surface area contributed by atoms with Crippen LogP contribution in [0.15, 0.2) is 41.8 Å². The lowest BCUT2D eigenvalue weighted by Gasteiger charge is -2.33. The summed E-state index contributed by atoms with van der Waals surface area (Å²) >= 11 is 1.28. The molecule has 1 N–H and O–H groups in total. The van der Waals surface area contributed by atoms with E-state index in [0.29, 0.717) is 23.1 Å². The first kappa shape index (κ1) is 18.9. The van der Waals surface area contributed by atoms with E-state index >= 15 is 0 Å². The first-order valence-electron chi connectivity index (χ1n) is 8.91. The van der Waals surface area contributed by atoms with Crippen molar-refractivity contribution in [3.8, 4) is 5.75 Å². The molecule has 5 nitrogen and oxygen atoms in total. The molecule has 1 fully saturated rings. The van der Waals surface area contributed by atoms with E-state index < -0.39 is 12.1 Å². The fourth-order valence-corrected chi connectivity index (χ4v) is 4.11. The molecule has 1 aromatic carbocycles. The molecule has 140 valence electrons. The third-order valence-electron chi connectivity index (χ3n) is 4.76. The smallest absolute Gasteiger partial charge is 0.351 e. The Balaban J connectivity index is 1.43. The summed E-state index contributed by atoms with van der Waals surface area (Å²) in [6.07, 6.45) is 1.62. The maximum absolute atomic E-state index is 11.6. The molecule has 1 aliphatic rings. The quantitative estimate of drug-likeness (QED) is 0.754. The van der Waals surface area contributed by atoms with Crippen LogP contribution in [0.3, 0.4) is 0 Å². The van der Waals surface area contributed by atoms with Gasteiger partial charge in [-0.1, -0.05) is 30.3 Å². The van der Waals surface area contributed by atoms with Crippen LogP contribution in [-0.4, -0.2) is 55.4 Å². The lowest BCUT2D eigenvalue weighted by Crippen LogP contribution is -2.40. The number of carbonyl (C=O) groups excluding carboxylic acids is 1. The van der Waals surface area contributed by atoms with Crippen molar-refractivity contribution < 1.29 is 19.4 Å². The van der Waals surface area contributed by atoms with Crippen molar-refractivity contribution in [2.24, 2.45) is 0 Å². The Hall–Kier alpha value is -1.89. The van der Waals surface area contributed by atoms with Gasteiger partial charge < -0.3 is 19.5 Å². The van der Waals surface area contributed by atoms with Gasteiger partial charge in [0.15, 0.2) is 4.88 Å². The maximum Gasteiger partial charge on any atom is 0.351 e. The van der Waals surface area contributed by atoms with Crippen LogP contribution in [0.1, 0.15) is 34.0 Å². The molecular weight excluding hydrogens is 350 g/mol. The Morgan fingerprint density at radius 1 is 1.27 bits per heavy atom. The second kappa shape index (κ2) is 9.16. The Kier molecular flexibility index (Phi) is 6.66. The minimum Gasteiger partial charge on any atom is -0.489 e. The van der Waals surface area contributed by atoms with Gasteiger partial charge in [-0.05, 0) is 48.9 Å². The summed E-state index contributed by atoms with van der Waals surface area (Å²) in [5, 5.41) is 12.1. The normalized spacial score (nSPS) is 17.0. The molecule has 0 amide bonds. The van der Waals surface area contributed by atoms with E-state index in [2.05, 4.69) is 29.2 Å². The molecule has 1 saturated heterocycles. The number of thiophene rings is 1. The number of hydrogen-bond donors (Lipinski definition) is 1. The molecule has 2 aromatic rings. The second-order valence-corrected chi connectivity index (χ2v) is 7.47. The lowest BCUT2D eigenvalue weighted by molar-refractivity contribution is 0.0546. The van der Waals surface area contributed by atoms with Crippen LogP contribution < -0.4 is 4.74 Å². The molecule has 6 heteroatoms. The standard InChI is InChI=1S/C20H25NO4S/c1-24-20(23)19-18(9-12-26-19)25-14-17(22)13-21-10-7-16(8-11-21)15-5-3-2-4-6-15/h2-6,9,12,16-17,22H,7-8,10-11,13-14H2,1H3. The monoisotopic (exact) mass is 375 g/mol. The summed E-state index contributed by atoms with van der Waals surface area (Å²) in [5.41, 5.74) is 1.41. The highest BCUT2D eigenvalue weighted by atomic mass is 32.1. The predicted molar refractivity (Wildman–Crippen MR) is 102 cm³/mol. The van der Waals surface area contributed by atoms with Crippen molar-refractivity contribution in [2.45, 2.75) is 24.9 Å². The van der Waals surface area contributed by atoms with Crippen LogP contribution >= 0.6 is 11.3 Å². The zero-order chi connectivity index (χ0) is 18.4. The molecule has 1 aliphatic heterocycles. The SMILES string of the molecule is COC(=O)c1sccc1OCC(O)CN1CCC(c2ccccc2)CC1. The number of nitrogens with zero attached hydrogens (tertiary/aromatic N) is 1. The Labute approximate surface area is 158 Å². The zero-order valence-electron chi connectivity index (χ0n) is 15.0. The average Bonchev–Trinajstić information content (AvgIpc) is 3.16. The van der Waals surface area contributed by atoms with Gasteiger partial charge in [0, 0.05) is 6.54 Å². The van der Waals surface area contributed by atoms with Gasteiger partial charge in [0.1, 0.15) is 18.5 Å². The maximum atomic E-state index is 11.6. The number of carbonyl (C=O) groups is 1. The Morgan fingerprint density at radius 3 is 2.69 bits per heavy atom. The van der Waals surface area contributed by atoms with Gasteiger partial charge in [0.25, 0.3) is 0 Å². The Bertz CT molecular complexity index is 695. The number of ether oxygens (including phenoxy) is 2. The summed E-state index contributed by atoms with van der Waals surface area (Å²) in [7, 11) is 1.35. The predicted octanol–water partition coefficient (Wildman–Crippen LogP) is 3.15. The van der Waals surface area contributed by atoms with Crippen molar-refractivity contribution in [2.75, 3.05) is 33.4 Å². The molecule has 26 heavy (non-hydrogen) atoms. The first-order valence-corrected chi connectivity index (χ1v) is 9.79. The average molecular weight is 375 g/mol. The first-order chi connectivity index (χ1) is 12.7. The summed E-state index contributed by atoms with van der Waals surface area (Å²) in [6, 6.07) is 12.4. The third-order valence-corrected chi connectivity index (χ3v) is 5.63. The summed E-state index contributed by atoms with van der Waals surface area (Å²) in [4.78, 5) is 14.4. The summed E-state index contributed by atoms with van der Waals surface area (Å²) in [5.74, 6) is 0.672. The number of rotatable bonds is 7. The van der Waals surface area contributed by atoms with E-state index in [9.17, 15) is 9.90 Å². The van der Waals surface area contributed by atoms with Gasteiger partial charge in [0.05, 0.1) is 7.11 Å². The van der Waals surface area contributed by atoms with E-state index in [1.54, 1.807) is 11.4 Å². The third kappa shape index (κ3) is 4.84. The number of likely N-dealkylation sites (tertiary alicyclic amines) is 1. The van der Waals surface area contributed by atoms with Crippen LogP contribution in [-0.2, 0) is 4.74 Å². The molecule has 0 spiro atoms. The van der Waals surface area contributed by atoms with Crippen molar-refractivity contribution in [3.05, 3.63) is 52.2 Å². The van der Waals surface area contributed by atoms with E-state index in [0.717, 1.165) is 25.9 Å². The van der Waals surface area contributed by atoms with Gasteiger partial charge >= 0.3 is 5.97 Å². The van der Waals surface area contributed by atoms with Crippen molar-refractivity contribution in [3.63, 3.8) is 0 Å². The van der Waals surface area contributed by atoms with Crippen molar-refractivity contribution in [1.82, 2.24) is 4.90 Å². The number of methoxy groups -OCH3 is 1. The second-order valence-electron chi connectivity index (χ2n) is 6.56. The topological polar surface area (TPSA) is 59.0 Å². The molecule has 0 aliphatic carbocycles. The number of β-amino-alcohol motifs (C(OH)–C–C–N with tert-alkyl or cyclic N) is 1. The Morgan fingerprint density at radius 2 is 2.00 bits per heavy atom. The number of piperidine rings is 1. The summed E-state index contributed by atoms with van der Waals surface area (Å²) < 4.78 is 10.4. The molecular formula is C20H25NO4S. The number of aliphatic hydroxyl groups is 1. The highest BCUT2D eigenvalue weighted by Gasteiger charge is 2.23. The van der Waals surface area contributed by atoms with Crippen molar-refractivity contribution >= 4 is 17.3 Å². The van der Waals surface area contributed by atoms with Gasteiger partial charge in [-0.2, -0.15) is 0 Å². The summed E-state index contributed by atoms with van der Waals surface area (Å²) in [6.45, 7) is 2.70. The van der Waals surface area contributed by atoms with E-state index in [4.69, 9.17) is 9.47 Å². The van der Waals surface area contributed by atoms with Crippen LogP contribution in [0.5, 0.6) is 5.75 Å². The van der Waals surface area contributed by atoms with E-state index in [1.807, 2.05) is 6.07 Å². The van der Waals surface area contributed by atoms with Crippen molar-refractivity contribution in [1.29, 1.82) is 0 Å². The fourth-order valence-electron chi connectivity index (χ4n) is 3.36. The highest BCUT2D eigenvalue weighted by molar-refractivity contribution is 7.12. The lowest BCUT2D eigenvalue weighted by atomic mass is 9.89. The van der Waals surface area contributed by atoms with Gasteiger partial charge in [0.2, 0.25) is 0 Å². The molecule has 0 saturated carbocycles. The molecule has 3 rings (SSSR count). The van der Waals surface area contributed by atoms with Gasteiger partial charge in [-0.25, -0.2) is 4.79 Å². The fraction of sp³-hybridized carbons (Fsp3) is 0.450. The molecule has 0 radical (unpaired) electrons. The number of aliphatic hydroxyl groups excluding tert-OH is 1. The van der Waals surface area contributed by atoms with Crippen LogP contribution in [0.2, 0.25) is 0 Å². The zero-order valence-corrected chi connectivity index (χ0v) is 15.8. The van der Waals surface area contributed by atoms with Gasteiger partial charge in [-0.3, -0.25) is 0 Å². The largest absolute Gasteiger partial charge is 0.489 e. The number of esters is 1. The van der Waals surface area contributed by atoms with Gasteiger partial charge in [-0.15, -0.1) is 11.3 Å². The molecule has 2 heterocycles. The minimum absolute atomic E-state index is 0.166. The molecule has 1 aromatic heterocycles. The molecule has 1 atom stereocenters. The van der Waals surface area contributed by atoms with E-state index in [-0.39, 0.29) is 6.61 Å². The number of hydrogen-bond acceptors (Lipinski definition) is 6. The minimum atomic E-state index is -0.589. The van der Waals surface area contributed by atoms with Crippen LogP contribution in [0.25, 0.3) is 0 Å². The molecule has 1 unspecified atom stereocenters. The van der Waals surface area contributed by atoms with Crippen LogP contribution in [0, 0.1) is 0 Å². The number of benzene rings is 1. The molecule has 0 bridgehead atoms. The van der Waals surface area contributed by atoms with Crippen LogP contribution in [0.4, 0.5) is 0 Å².